The number of Topliss-reactive ketones (excluding diaryl/α,β-unsaturated/α-hetero) is 1. The van der Waals surface area contributed by atoms with Crippen molar-refractivity contribution in [2.45, 2.75) is 6.42 Å². The molecule has 2 aromatic rings. The average molecular weight is 392 g/mol. The molecule has 1 N–H and O–H groups in total. The fourth-order valence-electron chi connectivity index (χ4n) is 1.92. The maximum absolute atomic E-state index is 12.0. The van der Waals surface area contributed by atoms with Gasteiger partial charge in [-0.3, -0.25) is 9.59 Å². The van der Waals surface area contributed by atoms with Crippen LogP contribution in [0.1, 0.15) is 16.8 Å². The highest BCUT2D eigenvalue weighted by molar-refractivity contribution is 14.1. The zero-order valence-electron chi connectivity index (χ0n) is 11.2. The fraction of sp³-hybridized carbons (Fsp3) is 0.0588. The second kappa shape index (κ2) is 6.67. The third kappa shape index (κ3) is 4.01. The molecule has 3 nitrogen and oxygen atoms in total. The molecule has 0 aliphatic heterocycles. The number of aliphatic carboxylic acids is 1. The molecule has 0 aliphatic carbocycles. The third-order valence-corrected chi connectivity index (χ3v) is 3.73. The molecule has 0 spiro atoms. The minimum atomic E-state index is -1.05. The second-order valence-electron chi connectivity index (χ2n) is 4.59. The molecule has 0 fully saturated rings. The van der Waals surface area contributed by atoms with Gasteiger partial charge in [-0.2, -0.15) is 0 Å². The van der Waals surface area contributed by atoms with E-state index in [0.717, 1.165) is 14.7 Å². The van der Waals surface area contributed by atoms with Crippen LogP contribution in [0.25, 0.3) is 11.1 Å². The lowest BCUT2D eigenvalue weighted by molar-refractivity contribution is -0.136. The van der Waals surface area contributed by atoms with Crippen molar-refractivity contribution >= 4 is 34.3 Å². The smallest absolute Gasteiger partial charge is 0.307 e. The number of carboxylic acids is 1. The molecule has 0 aromatic heterocycles. The van der Waals surface area contributed by atoms with Crippen LogP contribution in [0, 0.1) is 3.57 Å². The third-order valence-electron chi connectivity index (χ3n) is 3.01. The highest BCUT2D eigenvalue weighted by atomic mass is 127. The Kier molecular flexibility index (Phi) is 4.90. The van der Waals surface area contributed by atoms with E-state index in [1.165, 1.54) is 0 Å². The van der Waals surface area contributed by atoms with Gasteiger partial charge in [-0.05, 0) is 45.9 Å². The number of hydrogen-bond donors (Lipinski definition) is 1. The molecule has 4 heteroatoms. The number of rotatable bonds is 5. The number of carbonyl (C=O) groups is 2. The molecule has 0 saturated carbocycles. The molecular weight excluding hydrogens is 379 g/mol. The van der Waals surface area contributed by atoms with Crippen LogP contribution in [0.2, 0.25) is 0 Å². The molecule has 0 aliphatic rings. The molecular formula is C17H13IO3. The van der Waals surface area contributed by atoms with Crippen molar-refractivity contribution < 1.29 is 14.7 Å². The Morgan fingerprint density at radius 3 is 1.90 bits per heavy atom. The summed E-state index contributed by atoms with van der Waals surface area (Å²) in [7, 11) is 0. The zero-order chi connectivity index (χ0) is 15.4. The highest BCUT2D eigenvalue weighted by Gasteiger charge is 2.13. The van der Waals surface area contributed by atoms with E-state index in [0.29, 0.717) is 5.56 Å². The van der Waals surface area contributed by atoms with Crippen LogP contribution in [0.4, 0.5) is 0 Å². The van der Waals surface area contributed by atoms with Crippen molar-refractivity contribution in [3.63, 3.8) is 0 Å². The summed E-state index contributed by atoms with van der Waals surface area (Å²) in [6, 6.07) is 15.2. The van der Waals surface area contributed by atoms with E-state index in [1.54, 1.807) is 12.1 Å². The van der Waals surface area contributed by atoms with Crippen molar-refractivity contribution in [1.29, 1.82) is 0 Å². The summed E-state index contributed by atoms with van der Waals surface area (Å²) in [6.45, 7) is 3.53. The van der Waals surface area contributed by atoms with Gasteiger partial charge in [0.05, 0.1) is 6.42 Å². The van der Waals surface area contributed by atoms with Gasteiger partial charge in [-0.15, -0.1) is 0 Å². The van der Waals surface area contributed by atoms with Crippen molar-refractivity contribution in [3.05, 3.63) is 69.8 Å². The molecule has 0 bridgehead atoms. The summed E-state index contributed by atoms with van der Waals surface area (Å²) >= 11 is 2.24. The molecule has 21 heavy (non-hydrogen) atoms. The summed E-state index contributed by atoms with van der Waals surface area (Å²) in [5.41, 5.74) is 2.62. The summed E-state index contributed by atoms with van der Waals surface area (Å²) in [6.07, 6.45) is -0.336. The van der Waals surface area contributed by atoms with Crippen molar-refractivity contribution in [2.24, 2.45) is 0 Å². The van der Waals surface area contributed by atoms with E-state index in [-0.39, 0.29) is 17.8 Å². The van der Waals surface area contributed by atoms with Crippen LogP contribution in [-0.2, 0) is 4.79 Å². The van der Waals surface area contributed by atoms with E-state index in [9.17, 15) is 9.59 Å². The molecule has 0 atom stereocenters. The number of halogens is 1. The number of hydrogen-bond acceptors (Lipinski definition) is 2. The predicted molar refractivity (Wildman–Crippen MR) is 90.3 cm³/mol. The van der Waals surface area contributed by atoms with Crippen LogP contribution in [-0.4, -0.2) is 16.9 Å². The molecule has 0 unspecified atom stereocenters. The first kappa shape index (κ1) is 15.4. The number of ketones is 1. The Balaban J connectivity index is 2.19. The van der Waals surface area contributed by atoms with Gasteiger partial charge in [0.25, 0.3) is 0 Å². The molecule has 0 radical (unpaired) electrons. The predicted octanol–water partition coefficient (Wildman–Crippen LogP) is 4.17. The van der Waals surface area contributed by atoms with Crippen LogP contribution in [0.15, 0.2) is 60.7 Å². The Morgan fingerprint density at radius 1 is 0.952 bits per heavy atom. The number of carbonyl (C=O) groups excluding carboxylic acids is 1. The molecule has 2 rings (SSSR count). The number of carboxylic acid groups (broad SMARTS) is 1. The Morgan fingerprint density at radius 2 is 1.43 bits per heavy atom. The fourth-order valence-corrected chi connectivity index (χ4v) is 2.28. The molecule has 0 heterocycles. The van der Waals surface area contributed by atoms with Crippen LogP contribution in [0.5, 0.6) is 0 Å². The molecule has 2 aromatic carbocycles. The van der Waals surface area contributed by atoms with E-state index in [2.05, 4.69) is 29.2 Å². The van der Waals surface area contributed by atoms with E-state index >= 15 is 0 Å². The van der Waals surface area contributed by atoms with Gasteiger partial charge in [0.2, 0.25) is 0 Å². The Labute approximate surface area is 136 Å². The normalized spacial score (nSPS) is 10.1. The first-order chi connectivity index (χ1) is 9.97. The van der Waals surface area contributed by atoms with Crippen molar-refractivity contribution in [2.75, 3.05) is 0 Å². The Bertz CT molecular complexity index is 685. The summed E-state index contributed by atoms with van der Waals surface area (Å²) in [5.74, 6) is -1.38. The van der Waals surface area contributed by atoms with E-state index in [4.69, 9.17) is 5.11 Å². The van der Waals surface area contributed by atoms with Crippen molar-refractivity contribution in [3.8, 4) is 11.1 Å². The van der Waals surface area contributed by atoms with Crippen LogP contribution >= 0.6 is 22.6 Å². The number of benzene rings is 2. The Hall–Kier alpha value is -1.95. The largest absolute Gasteiger partial charge is 0.481 e. The maximum atomic E-state index is 12.0. The van der Waals surface area contributed by atoms with Crippen LogP contribution in [0.3, 0.4) is 0 Å². The van der Waals surface area contributed by atoms with E-state index < -0.39 is 5.97 Å². The van der Waals surface area contributed by atoms with Gasteiger partial charge in [-0.1, -0.05) is 43.0 Å². The van der Waals surface area contributed by atoms with Gasteiger partial charge < -0.3 is 5.11 Å². The molecule has 0 amide bonds. The van der Waals surface area contributed by atoms with Gasteiger partial charge in [0, 0.05) is 14.7 Å². The van der Waals surface area contributed by atoms with Gasteiger partial charge in [0.1, 0.15) is 0 Å². The molecule has 0 saturated heterocycles. The topological polar surface area (TPSA) is 54.4 Å². The van der Waals surface area contributed by atoms with Gasteiger partial charge in [0.15, 0.2) is 5.78 Å². The van der Waals surface area contributed by atoms with Gasteiger partial charge in [-0.25, -0.2) is 0 Å². The van der Waals surface area contributed by atoms with Crippen LogP contribution < -0.4 is 0 Å². The molecule has 106 valence electrons. The zero-order valence-corrected chi connectivity index (χ0v) is 13.3. The minimum absolute atomic E-state index is 0.0875. The average Bonchev–Trinajstić information content (AvgIpc) is 2.47. The quantitative estimate of drug-likeness (QED) is 0.472. The lowest BCUT2D eigenvalue weighted by Crippen LogP contribution is -2.07. The van der Waals surface area contributed by atoms with E-state index in [1.807, 2.05) is 36.4 Å². The maximum Gasteiger partial charge on any atom is 0.307 e. The monoisotopic (exact) mass is 392 g/mol. The summed E-state index contributed by atoms with van der Waals surface area (Å²) in [4.78, 5) is 22.6. The minimum Gasteiger partial charge on any atom is -0.481 e. The summed E-state index contributed by atoms with van der Waals surface area (Å²) < 4.78 is 1.16. The highest BCUT2D eigenvalue weighted by Crippen LogP contribution is 2.22. The lowest BCUT2D eigenvalue weighted by atomic mass is 9.99. The van der Waals surface area contributed by atoms with Gasteiger partial charge >= 0.3 is 5.97 Å². The standard InChI is InChI=1S/C17H13IO3/c1-11(10-16(19)20)17(21)14-4-2-12(3-5-14)13-6-8-15(18)9-7-13/h2-9H,1,10H2,(H,19,20). The first-order valence-electron chi connectivity index (χ1n) is 6.27. The second-order valence-corrected chi connectivity index (χ2v) is 5.83. The summed E-state index contributed by atoms with van der Waals surface area (Å²) in [5, 5.41) is 8.68. The lowest BCUT2D eigenvalue weighted by Gasteiger charge is -2.05. The SMILES string of the molecule is C=C(CC(=O)O)C(=O)c1ccc(-c2ccc(I)cc2)cc1. The van der Waals surface area contributed by atoms with Crippen molar-refractivity contribution in [1.82, 2.24) is 0 Å². The first-order valence-corrected chi connectivity index (χ1v) is 7.35.